The van der Waals surface area contributed by atoms with Crippen LogP contribution in [0.1, 0.15) is 193 Å². The van der Waals surface area contributed by atoms with Gasteiger partial charge in [0.15, 0.2) is 0 Å². The molecule has 0 unspecified atom stereocenters. The molecule has 0 spiro atoms. The molecule has 0 aromatic heterocycles. The molecule has 43 heavy (non-hydrogen) atoms. The fraction of sp³-hybridized carbons (Fsp3) is 0.947. The molecule has 6 aliphatic carbocycles. The summed E-state index contributed by atoms with van der Waals surface area (Å²) in [4.78, 5) is 16.0. The van der Waals surface area contributed by atoms with Crippen LogP contribution in [-0.4, -0.2) is 47.5 Å². The van der Waals surface area contributed by atoms with E-state index < -0.39 is 0 Å². The van der Waals surface area contributed by atoms with Crippen LogP contribution in [0.4, 0.5) is 0 Å². The van der Waals surface area contributed by atoms with Crippen molar-refractivity contribution in [2.75, 3.05) is 0 Å². The van der Waals surface area contributed by atoms with E-state index >= 15 is 0 Å². The Bertz CT molecular complexity index is 503. The maximum Gasteiger partial charge on any atom is 0.106 e. The second-order valence-corrected chi connectivity index (χ2v) is 20.8. The van der Waals surface area contributed by atoms with Crippen LogP contribution in [0.25, 0.3) is 0 Å². The second-order valence-electron chi connectivity index (χ2n) is 14.6. The summed E-state index contributed by atoms with van der Waals surface area (Å²) in [6.45, 7) is 4.00. The third kappa shape index (κ3) is 13.4. The average Bonchev–Trinajstić information content (AvgIpc) is 3.10. The fourth-order valence-corrected chi connectivity index (χ4v) is 19.4. The zero-order valence-electron chi connectivity index (χ0n) is 28.1. The van der Waals surface area contributed by atoms with Crippen LogP contribution in [-0.2, 0) is 26.1 Å². The summed E-state index contributed by atoms with van der Waals surface area (Å²) in [6.07, 6.45) is 47.2. The molecule has 0 aromatic rings. The zero-order valence-corrected chi connectivity index (χ0v) is 30.9. The standard InChI is InChI=1S/2C18H33P.2CH2O.Ni/c2*1-4-10-16(11-5-1)19(17-12-6-2-7-13-17)18-14-8-3-9-15-18;2*1-2;/h2*16-18H,1-15H2;2*1H2;. The summed E-state index contributed by atoms with van der Waals surface area (Å²) in [6, 6.07) is 0. The van der Waals surface area contributed by atoms with Gasteiger partial charge in [0, 0.05) is 16.5 Å². The van der Waals surface area contributed by atoms with Crippen LogP contribution < -0.4 is 0 Å². The van der Waals surface area contributed by atoms with Gasteiger partial charge in [-0.1, -0.05) is 131 Å². The predicted octanol–water partition coefficient (Wildman–Crippen LogP) is 12.6. The van der Waals surface area contributed by atoms with Gasteiger partial charge in [-0.2, -0.15) is 0 Å². The van der Waals surface area contributed by atoms with E-state index in [2.05, 4.69) is 0 Å². The molecule has 0 amide bonds. The van der Waals surface area contributed by atoms with Crippen molar-refractivity contribution in [1.29, 1.82) is 0 Å². The molecule has 0 bridgehead atoms. The van der Waals surface area contributed by atoms with E-state index in [1.165, 1.54) is 72.5 Å². The Morgan fingerprint density at radius 1 is 0.256 bits per heavy atom. The molecule has 0 saturated heterocycles. The molecule has 6 rings (SSSR count). The number of carbonyl (C=O) groups is 2. The van der Waals surface area contributed by atoms with E-state index in [-0.39, 0.29) is 16.5 Å². The first-order valence-electron chi connectivity index (χ1n) is 19.0. The second kappa shape index (κ2) is 24.8. The Hall–Kier alpha value is 0.694. The Morgan fingerprint density at radius 2 is 0.372 bits per heavy atom. The molecule has 0 radical (unpaired) electrons. The van der Waals surface area contributed by atoms with Crippen LogP contribution in [0, 0.1) is 0 Å². The van der Waals surface area contributed by atoms with Gasteiger partial charge < -0.3 is 9.59 Å². The van der Waals surface area contributed by atoms with Crippen LogP contribution in [0.3, 0.4) is 0 Å². The minimum atomic E-state index is 0. The van der Waals surface area contributed by atoms with Gasteiger partial charge in [-0.3, -0.25) is 0 Å². The third-order valence-corrected chi connectivity index (χ3v) is 20.1. The Morgan fingerprint density at radius 3 is 0.488 bits per heavy atom. The van der Waals surface area contributed by atoms with Crippen molar-refractivity contribution in [3.63, 3.8) is 0 Å². The fourth-order valence-electron chi connectivity index (χ4n) is 10.1. The predicted molar refractivity (Wildman–Crippen MR) is 189 cm³/mol. The normalized spacial score (nSPS) is 25.7. The molecule has 0 aliphatic heterocycles. The molecule has 0 N–H and O–H groups in total. The average molecular weight is 680 g/mol. The van der Waals surface area contributed by atoms with Crippen LogP contribution in [0.2, 0.25) is 0 Å². The first-order chi connectivity index (χ1) is 20.9. The summed E-state index contributed by atoms with van der Waals surface area (Å²) in [5.41, 5.74) is 7.14. The molecule has 0 atom stereocenters. The molecule has 2 nitrogen and oxygen atoms in total. The van der Waals surface area contributed by atoms with Gasteiger partial charge in [-0.25, -0.2) is 0 Å². The number of rotatable bonds is 6. The smallest absolute Gasteiger partial charge is 0.106 e. The molecular formula is C38H70NiO2P2. The minimum Gasteiger partial charge on any atom is -0.307 e. The van der Waals surface area contributed by atoms with Gasteiger partial charge >= 0.3 is 0 Å². The maximum atomic E-state index is 8.00. The van der Waals surface area contributed by atoms with E-state index in [0.29, 0.717) is 15.8 Å². The summed E-state index contributed by atoms with van der Waals surface area (Å²) in [7, 11) is 0.770. The van der Waals surface area contributed by atoms with E-state index in [1.54, 1.807) is 154 Å². The van der Waals surface area contributed by atoms with Gasteiger partial charge in [0.05, 0.1) is 0 Å². The molecule has 5 heteroatoms. The largest absolute Gasteiger partial charge is 0.307 e. The molecule has 254 valence electrons. The molecular weight excluding hydrogens is 609 g/mol. The van der Waals surface area contributed by atoms with Gasteiger partial charge in [-0.05, 0) is 111 Å². The van der Waals surface area contributed by atoms with Crippen molar-refractivity contribution < 1.29 is 26.1 Å². The van der Waals surface area contributed by atoms with Gasteiger partial charge in [0.1, 0.15) is 13.6 Å². The zero-order chi connectivity index (χ0) is 29.8. The minimum absolute atomic E-state index is 0. The summed E-state index contributed by atoms with van der Waals surface area (Å²) < 4.78 is 0. The molecule has 0 heterocycles. The van der Waals surface area contributed by atoms with Gasteiger partial charge in [0.25, 0.3) is 0 Å². The maximum absolute atomic E-state index is 8.00. The van der Waals surface area contributed by atoms with Crippen molar-refractivity contribution >= 4 is 29.4 Å². The number of carbonyl (C=O) groups excluding carboxylic acids is 2. The van der Waals surface area contributed by atoms with Crippen molar-refractivity contribution in [2.45, 2.75) is 227 Å². The summed E-state index contributed by atoms with van der Waals surface area (Å²) in [5.74, 6) is 0. The SMILES string of the molecule is C1CCC(P(C2CCCCC2)C2CCCCC2)CC1.C1CCC(P(C2CCCCC2)C2CCCCC2)CC1.C=O.C=O.[Ni]. The van der Waals surface area contributed by atoms with E-state index in [9.17, 15) is 0 Å². The summed E-state index contributed by atoms with van der Waals surface area (Å²) >= 11 is 0. The number of hydrogen-bond acceptors (Lipinski definition) is 2. The monoisotopic (exact) mass is 678 g/mol. The van der Waals surface area contributed by atoms with Crippen molar-refractivity contribution in [3.8, 4) is 0 Å². The quantitative estimate of drug-likeness (QED) is 0.207. The molecule has 0 aromatic carbocycles. The van der Waals surface area contributed by atoms with Crippen molar-refractivity contribution in [1.82, 2.24) is 0 Å². The van der Waals surface area contributed by atoms with Gasteiger partial charge in [0.2, 0.25) is 0 Å². The van der Waals surface area contributed by atoms with Crippen molar-refractivity contribution in [2.24, 2.45) is 0 Å². The van der Waals surface area contributed by atoms with Crippen LogP contribution in [0.5, 0.6) is 0 Å². The Kier molecular flexibility index (Phi) is 23.0. The summed E-state index contributed by atoms with van der Waals surface area (Å²) in [5, 5.41) is 0. The first kappa shape index (κ1) is 39.9. The molecule has 6 fully saturated rings. The first-order valence-corrected chi connectivity index (χ1v) is 22.1. The van der Waals surface area contributed by atoms with Crippen molar-refractivity contribution in [3.05, 3.63) is 0 Å². The number of hydrogen-bond donors (Lipinski definition) is 0. The Balaban J connectivity index is 0.000000264. The van der Waals surface area contributed by atoms with Gasteiger partial charge in [-0.15, -0.1) is 0 Å². The van der Waals surface area contributed by atoms with E-state index in [0.717, 1.165) is 0 Å². The third-order valence-electron chi connectivity index (χ3n) is 12.0. The van der Waals surface area contributed by atoms with E-state index in [4.69, 9.17) is 9.59 Å². The van der Waals surface area contributed by atoms with Crippen LogP contribution in [0.15, 0.2) is 0 Å². The molecule has 6 saturated carbocycles. The molecule has 6 aliphatic rings. The Labute approximate surface area is 281 Å². The van der Waals surface area contributed by atoms with E-state index in [1.807, 2.05) is 13.6 Å². The topological polar surface area (TPSA) is 34.1 Å². The van der Waals surface area contributed by atoms with Crippen LogP contribution >= 0.6 is 15.8 Å².